The van der Waals surface area contributed by atoms with Crippen molar-refractivity contribution < 1.29 is 4.79 Å². The van der Waals surface area contributed by atoms with Gasteiger partial charge in [0.05, 0.1) is 0 Å². The van der Waals surface area contributed by atoms with Gasteiger partial charge in [-0.15, -0.1) is 10.2 Å². The van der Waals surface area contributed by atoms with E-state index in [2.05, 4.69) is 31.4 Å². The molecular weight excluding hydrogens is 296 g/mol. The first kappa shape index (κ1) is 12.5. The molecular formula is C12H11BrN4O. The first-order chi connectivity index (χ1) is 8.65. The minimum absolute atomic E-state index is 0.156. The second-order valence-corrected chi connectivity index (χ2v) is 4.57. The number of halogens is 1. The summed E-state index contributed by atoms with van der Waals surface area (Å²) in [6.45, 7) is 0.629. The normalized spacial score (nSPS) is 10.1. The first-order valence-corrected chi connectivity index (χ1v) is 6.06. The monoisotopic (exact) mass is 306 g/mol. The third-order valence-corrected chi connectivity index (χ3v) is 2.77. The number of hydrogen-bond acceptors (Lipinski definition) is 4. The Hall–Kier alpha value is -1.95. The van der Waals surface area contributed by atoms with Crippen LogP contribution in [-0.2, 0) is 6.54 Å². The van der Waals surface area contributed by atoms with Gasteiger partial charge in [-0.1, -0.05) is 28.1 Å². The molecule has 0 atom stereocenters. The topological polar surface area (TPSA) is 80.9 Å². The molecule has 0 fully saturated rings. The van der Waals surface area contributed by atoms with Crippen LogP contribution in [0.1, 0.15) is 16.1 Å². The van der Waals surface area contributed by atoms with Gasteiger partial charge in [-0.05, 0) is 29.8 Å². The van der Waals surface area contributed by atoms with Gasteiger partial charge < -0.3 is 11.1 Å². The van der Waals surface area contributed by atoms with E-state index in [0.29, 0.717) is 12.4 Å². The van der Waals surface area contributed by atoms with E-state index in [1.807, 2.05) is 24.3 Å². The van der Waals surface area contributed by atoms with Gasteiger partial charge >= 0.3 is 0 Å². The lowest BCUT2D eigenvalue weighted by atomic mass is 10.2. The van der Waals surface area contributed by atoms with E-state index in [1.165, 1.54) is 0 Å². The smallest absolute Gasteiger partial charge is 0.269 e. The zero-order valence-corrected chi connectivity index (χ0v) is 11.0. The molecule has 0 aliphatic carbocycles. The second-order valence-electron chi connectivity index (χ2n) is 3.65. The maximum Gasteiger partial charge on any atom is 0.269 e. The summed E-state index contributed by atoms with van der Waals surface area (Å²) in [5.41, 5.74) is 6.35. The fourth-order valence-electron chi connectivity index (χ4n) is 1.40. The van der Waals surface area contributed by atoms with E-state index in [4.69, 9.17) is 5.73 Å². The zero-order valence-electron chi connectivity index (χ0n) is 9.43. The molecule has 1 heterocycles. The van der Waals surface area contributed by atoms with Gasteiger partial charge in [0.1, 0.15) is 5.82 Å². The van der Waals surface area contributed by atoms with Crippen LogP contribution in [0.5, 0.6) is 0 Å². The van der Waals surface area contributed by atoms with E-state index in [9.17, 15) is 4.79 Å². The minimum atomic E-state index is -0.582. The van der Waals surface area contributed by atoms with Crippen LogP contribution < -0.4 is 11.1 Å². The summed E-state index contributed by atoms with van der Waals surface area (Å²) in [5, 5.41) is 10.7. The Balaban J connectivity index is 2.00. The standard InChI is InChI=1S/C12H11BrN4O/c13-9-3-1-2-8(6-9)7-15-11-5-4-10(12(14)18)16-17-11/h1-6H,7H2,(H2,14,18)(H,15,17). The van der Waals surface area contributed by atoms with Gasteiger partial charge in [-0.2, -0.15) is 0 Å². The number of rotatable bonds is 4. The molecule has 0 aliphatic rings. The highest BCUT2D eigenvalue weighted by Gasteiger charge is 2.02. The van der Waals surface area contributed by atoms with Crippen LogP contribution in [0.3, 0.4) is 0 Å². The number of nitrogens with one attached hydrogen (secondary N) is 1. The van der Waals surface area contributed by atoms with E-state index >= 15 is 0 Å². The number of benzene rings is 1. The van der Waals surface area contributed by atoms with E-state index in [0.717, 1.165) is 10.0 Å². The van der Waals surface area contributed by atoms with Gasteiger partial charge in [0.15, 0.2) is 5.69 Å². The Kier molecular flexibility index (Phi) is 3.88. The lowest BCUT2D eigenvalue weighted by Crippen LogP contribution is -2.14. The summed E-state index contributed by atoms with van der Waals surface area (Å²) in [5.74, 6) is 0.0148. The van der Waals surface area contributed by atoms with Gasteiger partial charge in [0.2, 0.25) is 0 Å². The van der Waals surface area contributed by atoms with Gasteiger partial charge in [0, 0.05) is 11.0 Å². The first-order valence-electron chi connectivity index (χ1n) is 5.27. The number of carbonyl (C=O) groups is 1. The highest BCUT2D eigenvalue weighted by Crippen LogP contribution is 2.12. The molecule has 1 aromatic heterocycles. The fraction of sp³-hybridized carbons (Fsp3) is 0.0833. The van der Waals surface area contributed by atoms with Crippen molar-refractivity contribution in [1.29, 1.82) is 0 Å². The molecule has 0 saturated heterocycles. The third-order valence-electron chi connectivity index (χ3n) is 2.28. The molecule has 1 amide bonds. The van der Waals surface area contributed by atoms with Crippen molar-refractivity contribution in [2.24, 2.45) is 5.73 Å². The molecule has 0 saturated carbocycles. The number of primary amides is 1. The number of anilines is 1. The summed E-state index contributed by atoms with van der Waals surface area (Å²) in [6, 6.07) is 11.2. The van der Waals surface area contributed by atoms with Crippen molar-refractivity contribution in [2.75, 3.05) is 5.32 Å². The highest BCUT2D eigenvalue weighted by molar-refractivity contribution is 9.10. The van der Waals surface area contributed by atoms with Crippen LogP contribution in [0, 0.1) is 0 Å². The van der Waals surface area contributed by atoms with Crippen LogP contribution >= 0.6 is 15.9 Å². The Labute approximate surface area is 113 Å². The largest absolute Gasteiger partial charge is 0.365 e. The number of hydrogen-bond donors (Lipinski definition) is 2. The van der Waals surface area contributed by atoms with Crippen molar-refractivity contribution in [1.82, 2.24) is 10.2 Å². The molecule has 2 rings (SSSR count). The maximum absolute atomic E-state index is 10.8. The fourth-order valence-corrected chi connectivity index (χ4v) is 1.84. The predicted octanol–water partition coefficient (Wildman–Crippen LogP) is 1.95. The molecule has 0 bridgehead atoms. The quantitative estimate of drug-likeness (QED) is 0.904. The minimum Gasteiger partial charge on any atom is -0.365 e. The maximum atomic E-state index is 10.8. The molecule has 1 aromatic carbocycles. The molecule has 18 heavy (non-hydrogen) atoms. The molecule has 0 unspecified atom stereocenters. The number of nitrogens with zero attached hydrogens (tertiary/aromatic N) is 2. The average molecular weight is 307 g/mol. The molecule has 0 radical (unpaired) electrons. The van der Waals surface area contributed by atoms with Crippen molar-refractivity contribution >= 4 is 27.7 Å². The molecule has 0 spiro atoms. The summed E-state index contributed by atoms with van der Waals surface area (Å²) >= 11 is 3.41. The third kappa shape index (κ3) is 3.27. The highest BCUT2D eigenvalue weighted by atomic mass is 79.9. The summed E-state index contributed by atoms with van der Waals surface area (Å²) < 4.78 is 1.02. The Morgan fingerprint density at radius 1 is 1.28 bits per heavy atom. The Bertz CT molecular complexity index is 556. The molecule has 2 aromatic rings. The van der Waals surface area contributed by atoms with Crippen LogP contribution in [-0.4, -0.2) is 16.1 Å². The van der Waals surface area contributed by atoms with E-state index < -0.39 is 5.91 Å². The summed E-state index contributed by atoms with van der Waals surface area (Å²) in [6.07, 6.45) is 0. The van der Waals surface area contributed by atoms with E-state index in [1.54, 1.807) is 12.1 Å². The second kappa shape index (κ2) is 5.59. The number of aromatic nitrogens is 2. The predicted molar refractivity (Wildman–Crippen MR) is 72.0 cm³/mol. The summed E-state index contributed by atoms with van der Waals surface area (Å²) in [7, 11) is 0. The van der Waals surface area contributed by atoms with Crippen molar-refractivity contribution in [2.45, 2.75) is 6.54 Å². The lowest BCUT2D eigenvalue weighted by Gasteiger charge is -2.05. The van der Waals surface area contributed by atoms with Crippen LogP contribution in [0.15, 0.2) is 40.9 Å². The number of amides is 1. The molecule has 0 aliphatic heterocycles. The number of carbonyl (C=O) groups excluding carboxylic acids is 1. The molecule has 92 valence electrons. The van der Waals surface area contributed by atoms with Gasteiger partial charge in [-0.3, -0.25) is 4.79 Å². The summed E-state index contributed by atoms with van der Waals surface area (Å²) in [4.78, 5) is 10.8. The Morgan fingerprint density at radius 2 is 2.11 bits per heavy atom. The molecule has 6 heteroatoms. The SMILES string of the molecule is NC(=O)c1ccc(NCc2cccc(Br)c2)nn1. The average Bonchev–Trinajstić information content (AvgIpc) is 2.37. The van der Waals surface area contributed by atoms with Crippen LogP contribution in [0.4, 0.5) is 5.82 Å². The molecule has 3 N–H and O–H groups in total. The van der Waals surface area contributed by atoms with Crippen LogP contribution in [0.25, 0.3) is 0 Å². The Morgan fingerprint density at radius 3 is 2.72 bits per heavy atom. The van der Waals surface area contributed by atoms with Crippen LogP contribution in [0.2, 0.25) is 0 Å². The van der Waals surface area contributed by atoms with Gasteiger partial charge in [-0.25, -0.2) is 0 Å². The molecule has 5 nitrogen and oxygen atoms in total. The van der Waals surface area contributed by atoms with Crippen molar-refractivity contribution in [3.63, 3.8) is 0 Å². The van der Waals surface area contributed by atoms with Crippen molar-refractivity contribution in [3.05, 3.63) is 52.1 Å². The number of nitrogens with two attached hydrogens (primary N) is 1. The van der Waals surface area contributed by atoms with Gasteiger partial charge in [0.25, 0.3) is 5.91 Å². The van der Waals surface area contributed by atoms with Crippen molar-refractivity contribution in [3.8, 4) is 0 Å². The van der Waals surface area contributed by atoms with E-state index in [-0.39, 0.29) is 5.69 Å². The zero-order chi connectivity index (χ0) is 13.0. The lowest BCUT2D eigenvalue weighted by molar-refractivity contribution is 0.0994.